The molecule has 0 saturated carbocycles. The molecule has 4 aromatic carbocycles. The molecule has 7 nitrogen and oxygen atoms in total. The van der Waals surface area contributed by atoms with Crippen LogP contribution in [0.25, 0.3) is 16.6 Å². The molecule has 0 fully saturated rings. The van der Waals surface area contributed by atoms with Crippen LogP contribution < -0.4 is 10.3 Å². The molecule has 0 aliphatic heterocycles. The van der Waals surface area contributed by atoms with Gasteiger partial charge in [0, 0.05) is 6.54 Å². The normalized spacial score (nSPS) is 12.5. The van der Waals surface area contributed by atoms with Gasteiger partial charge in [0.05, 0.1) is 34.1 Å². The summed E-state index contributed by atoms with van der Waals surface area (Å²) in [5.74, 6) is 0.351. The third-order valence-corrected chi connectivity index (χ3v) is 8.55. The van der Waals surface area contributed by atoms with Crippen LogP contribution in [0.4, 0.5) is 4.39 Å². The molecule has 9 heteroatoms. The summed E-state index contributed by atoms with van der Waals surface area (Å²) in [7, 11) is -4.15. The van der Waals surface area contributed by atoms with Crippen LogP contribution in [0.15, 0.2) is 113 Å². The van der Waals surface area contributed by atoms with Gasteiger partial charge >= 0.3 is 0 Å². The molecule has 40 heavy (non-hydrogen) atoms. The van der Waals surface area contributed by atoms with E-state index in [4.69, 9.17) is 9.72 Å². The predicted molar refractivity (Wildman–Crippen MR) is 152 cm³/mol. The second-order valence-corrected chi connectivity index (χ2v) is 11.1. The minimum Gasteiger partial charge on any atom is -0.494 e. The van der Waals surface area contributed by atoms with Crippen molar-refractivity contribution in [3.63, 3.8) is 0 Å². The molecule has 1 heterocycles. The molecule has 0 aliphatic carbocycles. The highest BCUT2D eigenvalue weighted by Gasteiger charge is 2.33. The van der Waals surface area contributed by atoms with Crippen molar-refractivity contribution >= 4 is 20.9 Å². The van der Waals surface area contributed by atoms with Crippen LogP contribution in [0.2, 0.25) is 0 Å². The molecule has 0 saturated heterocycles. The number of rotatable bonds is 9. The highest BCUT2D eigenvalue weighted by Crippen LogP contribution is 2.30. The van der Waals surface area contributed by atoms with Crippen LogP contribution in [0.1, 0.15) is 31.3 Å². The van der Waals surface area contributed by atoms with Crippen LogP contribution in [0, 0.1) is 5.82 Å². The summed E-state index contributed by atoms with van der Waals surface area (Å²) >= 11 is 0. The number of hydrogen-bond donors (Lipinski definition) is 0. The molecular weight excluding hydrogens is 529 g/mol. The predicted octanol–water partition coefficient (Wildman–Crippen LogP) is 5.88. The number of aromatic nitrogens is 2. The molecule has 0 amide bonds. The van der Waals surface area contributed by atoms with Gasteiger partial charge in [-0.1, -0.05) is 42.5 Å². The lowest BCUT2D eigenvalue weighted by molar-refractivity contribution is 0.320. The zero-order valence-electron chi connectivity index (χ0n) is 22.1. The highest BCUT2D eigenvalue weighted by molar-refractivity contribution is 7.89. The van der Waals surface area contributed by atoms with E-state index < -0.39 is 21.9 Å². The van der Waals surface area contributed by atoms with Gasteiger partial charge in [-0.2, -0.15) is 4.31 Å². The molecule has 0 bridgehead atoms. The molecule has 1 aromatic heterocycles. The number of ether oxygens (including phenoxy) is 1. The minimum absolute atomic E-state index is 0.00763. The Labute approximate surface area is 232 Å². The topological polar surface area (TPSA) is 81.5 Å². The summed E-state index contributed by atoms with van der Waals surface area (Å²) in [6.07, 6.45) is 0. The largest absolute Gasteiger partial charge is 0.494 e. The molecule has 0 aliphatic rings. The lowest BCUT2D eigenvalue weighted by atomic mass is 10.1. The summed E-state index contributed by atoms with van der Waals surface area (Å²) in [6, 6.07) is 26.9. The molecule has 5 aromatic rings. The number of halogens is 1. The fourth-order valence-electron chi connectivity index (χ4n) is 4.60. The zero-order chi connectivity index (χ0) is 28.3. The van der Waals surface area contributed by atoms with Gasteiger partial charge < -0.3 is 4.74 Å². The molecule has 5 rings (SSSR count). The van der Waals surface area contributed by atoms with Crippen LogP contribution in [0.5, 0.6) is 5.75 Å². The van der Waals surface area contributed by atoms with Gasteiger partial charge in [0.15, 0.2) is 0 Å². The summed E-state index contributed by atoms with van der Waals surface area (Å²) in [6.45, 7) is 4.09. The van der Waals surface area contributed by atoms with E-state index in [1.54, 1.807) is 55.5 Å². The first-order valence-corrected chi connectivity index (χ1v) is 14.3. The van der Waals surface area contributed by atoms with Crippen molar-refractivity contribution in [2.45, 2.75) is 31.3 Å². The molecule has 1 atom stereocenters. The van der Waals surface area contributed by atoms with Crippen molar-refractivity contribution < 1.29 is 17.5 Å². The van der Waals surface area contributed by atoms with Crippen molar-refractivity contribution in [3.05, 3.63) is 131 Å². The fourth-order valence-corrected chi connectivity index (χ4v) is 6.18. The van der Waals surface area contributed by atoms with Gasteiger partial charge in [0.1, 0.15) is 17.4 Å². The maximum absolute atomic E-state index is 14.0. The Hall–Kier alpha value is -4.34. The number of hydrogen-bond acceptors (Lipinski definition) is 5. The quantitative estimate of drug-likeness (QED) is 0.226. The van der Waals surface area contributed by atoms with E-state index in [1.807, 2.05) is 37.3 Å². The second kappa shape index (κ2) is 11.4. The zero-order valence-corrected chi connectivity index (χ0v) is 22.9. The molecule has 0 radical (unpaired) electrons. The molecule has 1 unspecified atom stereocenters. The smallest absolute Gasteiger partial charge is 0.266 e. The Morgan fingerprint density at radius 2 is 1.55 bits per heavy atom. The maximum atomic E-state index is 14.0. The first-order valence-electron chi connectivity index (χ1n) is 12.9. The Bertz CT molecular complexity index is 1790. The molecule has 204 valence electrons. The summed E-state index contributed by atoms with van der Waals surface area (Å²) in [5, 5.41) is 0.406. The molecule has 0 N–H and O–H groups in total. The van der Waals surface area contributed by atoms with Crippen molar-refractivity contribution in [3.8, 4) is 11.4 Å². The first-order chi connectivity index (χ1) is 19.3. The van der Waals surface area contributed by atoms with Gasteiger partial charge in [-0.25, -0.2) is 17.8 Å². The van der Waals surface area contributed by atoms with E-state index in [0.717, 1.165) is 17.7 Å². The Kier molecular flexibility index (Phi) is 7.77. The number of sulfonamides is 1. The lowest BCUT2D eigenvalue weighted by Crippen LogP contribution is -2.37. The fraction of sp³-hybridized carbons (Fsp3) is 0.161. The van der Waals surface area contributed by atoms with Crippen molar-refractivity contribution in [1.82, 2.24) is 13.9 Å². The van der Waals surface area contributed by atoms with E-state index >= 15 is 0 Å². The molecular formula is C31H28FN3O4S. The summed E-state index contributed by atoms with van der Waals surface area (Å²) in [5.41, 5.74) is 1.40. The Balaban J connectivity index is 1.71. The lowest BCUT2D eigenvalue weighted by Gasteiger charge is -2.30. The van der Waals surface area contributed by atoms with Gasteiger partial charge in [0.2, 0.25) is 10.0 Å². The third-order valence-electron chi connectivity index (χ3n) is 6.61. The summed E-state index contributed by atoms with van der Waals surface area (Å²) in [4.78, 5) is 18.6. The van der Waals surface area contributed by atoms with Crippen LogP contribution in [-0.4, -0.2) is 28.9 Å². The Morgan fingerprint density at radius 1 is 0.900 bits per heavy atom. The SMILES string of the molecule is CCOc1ccc(-n2c(C(C)N(Cc3ccccc3)S(=O)(=O)c3ccc(F)cc3)nc3ccccc3c2=O)cc1. The average molecular weight is 558 g/mol. The van der Waals surface area contributed by atoms with Crippen molar-refractivity contribution in [1.29, 1.82) is 0 Å². The van der Waals surface area contributed by atoms with Crippen molar-refractivity contribution in [2.24, 2.45) is 0 Å². The van der Waals surface area contributed by atoms with Crippen molar-refractivity contribution in [2.75, 3.05) is 6.61 Å². The Morgan fingerprint density at radius 3 is 2.23 bits per heavy atom. The van der Waals surface area contributed by atoms with Crippen LogP contribution in [-0.2, 0) is 16.6 Å². The van der Waals surface area contributed by atoms with Gasteiger partial charge in [-0.15, -0.1) is 0 Å². The van der Waals surface area contributed by atoms with E-state index in [1.165, 1.54) is 21.0 Å². The first kappa shape index (κ1) is 27.2. The average Bonchev–Trinajstić information content (AvgIpc) is 2.97. The third kappa shape index (κ3) is 5.38. The number of nitrogens with zero attached hydrogens (tertiary/aromatic N) is 3. The van der Waals surface area contributed by atoms with Gasteiger partial charge in [-0.05, 0) is 80.1 Å². The van der Waals surface area contributed by atoms with Crippen LogP contribution in [0.3, 0.4) is 0 Å². The number of benzene rings is 4. The van der Waals surface area contributed by atoms with E-state index in [9.17, 15) is 17.6 Å². The van der Waals surface area contributed by atoms with E-state index in [-0.39, 0.29) is 22.8 Å². The standard InChI is InChI=1S/C31H28FN3O4S/c1-3-39-26-17-15-25(16-18-26)35-30(33-29-12-8-7-11-28(29)31(35)36)22(2)34(21-23-9-5-4-6-10-23)40(37,38)27-19-13-24(32)14-20-27/h4-20,22H,3,21H2,1-2H3. The van der Waals surface area contributed by atoms with Gasteiger partial charge in [0.25, 0.3) is 5.56 Å². The maximum Gasteiger partial charge on any atom is 0.266 e. The van der Waals surface area contributed by atoms with E-state index in [2.05, 4.69) is 0 Å². The number of fused-ring (bicyclic) bond motifs is 1. The highest BCUT2D eigenvalue weighted by atomic mass is 32.2. The number of para-hydroxylation sites is 1. The minimum atomic E-state index is -4.15. The second-order valence-electron chi connectivity index (χ2n) is 9.22. The van der Waals surface area contributed by atoms with Crippen LogP contribution >= 0.6 is 0 Å². The summed E-state index contributed by atoms with van der Waals surface area (Å²) < 4.78 is 50.1. The molecule has 0 spiro atoms. The van der Waals surface area contributed by atoms with E-state index in [0.29, 0.717) is 28.9 Å². The van der Waals surface area contributed by atoms with Gasteiger partial charge in [-0.3, -0.25) is 9.36 Å². The monoisotopic (exact) mass is 557 g/mol.